The van der Waals surface area contributed by atoms with Crippen molar-refractivity contribution >= 4 is 11.8 Å². The second kappa shape index (κ2) is 6.42. The number of carbonyl (C=O) groups is 2. The number of nitrogens with zero attached hydrogens (tertiary/aromatic N) is 1. The fraction of sp³-hybridized carbons (Fsp3) is 0.750. The van der Waals surface area contributed by atoms with Crippen molar-refractivity contribution in [3.8, 4) is 0 Å². The third-order valence-corrected chi connectivity index (χ3v) is 1.59. The van der Waals surface area contributed by atoms with Gasteiger partial charge in [-0.2, -0.15) is 0 Å². The lowest BCUT2D eigenvalue weighted by Gasteiger charge is -2.19. The largest absolute Gasteiger partial charge is 0.395 e. The van der Waals surface area contributed by atoms with Gasteiger partial charge in [0, 0.05) is 20.0 Å². The predicted octanol–water partition coefficient (Wildman–Crippen LogP) is -1.04. The summed E-state index contributed by atoms with van der Waals surface area (Å²) < 4.78 is 0. The molecular weight excluding hydrogens is 172 g/mol. The zero-order valence-corrected chi connectivity index (χ0v) is 8.04. The monoisotopic (exact) mass is 188 g/mol. The van der Waals surface area contributed by atoms with Crippen molar-refractivity contribution in [1.82, 2.24) is 10.2 Å². The highest BCUT2D eigenvalue weighted by molar-refractivity contribution is 5.83. The molecule has 0 spiro atoms. The van der Waals surface area contributed by atoms with E-state index in [0.29, 0.717) is 13.1 Å². The van der Waals surface area contributed by atoms with Crippen molar-refractivity contribution in [3.05, 3.63) is 0 Å². The highest BCUT2D eigenvalue weighted by Gasteiger charge is 2.10. The maximum absolute atomic E-state index is 11.3. The summed E-state index contributed by atoms with van der Waals surface area (Å²) >= 11 is 0. The first kappa shape index (κ1) is 11.9. The van der Waals surface area contributed by atoms with Gasteiger partial charge in [0.15, 0.2) is 0 Å². The molecule has 0 aromatic rings. The van der Waals surface area contributed by atoms with Gasteiger partial charge in [0.05, 0.1) is 13.2 Å². The number of aliphatic hydroxyl groups excluding tert-OH is 1. The minimum atomic E-state index is -0.228. The van der Waals surface area contributed by atoms with Crippen LogP contribution in [0.4, 0.5) is 0 Å². The second-order valence-electron chi connectivity index (χ2n) is 2.61. The molecule has 76 valence electrons. The average molecular weight is 188 g/mol. The molecular formula is C8H16N2O3. The number of hydrogen-bond acceptors (Lipinski definition) is 3. The molecule has 0 heterocycles. The average Bonchev–Trinajstić information content (AvgIpc) is 2.10. The molecule has 0 rings (SSSR count). The van der Waals surface area contributed by atoms with E-state index in [1.807, 2.05) is 6.92 Å². The Morgan fingerprint density at radius 1 is 1.46 bits per heavy atom. The van der Waals surface area contributed by atoms with Gasteiger partial charge in [0.25, 0.3) is 0 Å². The minimum absolute atomic E-state index is 0.00315. The van der Waals surface area contributed by atoms with E-state index < -0.39 is 0 Å². The van der Waals surface area contributed by atoms with E-state index >= 15 is 0 Å². The molecule has 5 heteroatoms. The summed E-state index contributed by atoms with van der Waals surface area (Å²) in [5.41, 5.74) is 0. The summed E-state index contributed by atoms with van der Waals surface area (Å²) in [6.45, 7) is 3.98. The Labute approximate surface area is 77.7 Å². The van der Waals surface area contributed by atoms with Gasteiger partial charge in [-0.1, -0.05) is 0 Å². The minimum Gasteiger partial charge on any atom is -0.395 e. The molecule has 0 unspecified atom stereocenters. The second-order valence-corrected chi connectivity index (χ2v) is 2.61. The molecule has 0 aliphatic rings. The van der Waals surface area contributed by atoms with E-state index in [0.717, 1.165) is 0 Å². The van der Waals surface area contributed by atoms with Crippen LogP contribution in [0, 0.1) is 0 Å². The Balaban J connectivity index is 3.84. The number of likely N-dealkylation sites (N-methyl/N-ethyl adjacent to an activating group) is 1. The zero-order chi connectivity index (χ0) is 10.3. The Bertz CT molecular complexity index is 182. The van der Waals surface area contributed by atoms with Gasteiger partial charge in [0.2, 0.25) is 11.8 Å². The number of rotatable bonds is 5. The van der Waals surface area contributed by atoms with E-state index in [-0.39, 0.29) is 25.0 Å². The predicted molar refractivity (Wildman–Crippen MR) is 48.0 cm³/mol. The van der Waals surface area contributed by atoms with E-state index in [1.54, 1.807) is 0 Å². The molecule has 0 saturated carbocycles. The summed E-state index contributed by atoms with van der Waals surface area (Å²) in [6, 6.07) is 0. The molecule has 13 heavy (non-hydrogen) atoms. The molecule has 0 atom stereocenters. The Morgan fingerprint density at radius 3 is 2.46 bits per heavy atom. The molecule has 0 aromatic carbocycles. The number of amides is 2. The van der Waals surface area contributed by atoms with E-state index in [2.05, 4.69) is 5.32 Å². The summed E-state index contributed by atoms with van der Waals surface area (Å²) in [5.74, 6) is -0.403. The van der Waals surface area contributed by atoms with Gasteiger partial charge in [-0.3, -0.25) is 9.59 Å². The number of nitrogens with one attached hydrogen (secondary N) is 1. The highest BCUT2D eigenvalue weighted by atomic mass is 16.3. The lowest BCUT2D eigenvalue weighted by Crippen LogP contribution is -2.40. The molecule has 2 N–H and O–H groups in total. The van der Waals surface area contributed by atoms with Crippen LogP contribution < -0.4 is 5.32 Å². The quantitative estimate of drug-likeness (QED) is 0.579. The molecule has 2 amide bonds. The molecule has 0 radical (unpaired) electrons. The van der Waals surface area contributed by atoms with Gasteiger partial charge < -0.3 is 15.3 Å². The Morgan fingerprint density at radius 2 is 2.08 bits per heavy atom. The molecule has 0 saturated heterocycles. The number of aliphatic hydroxyl groups is 1. The maximum Gasteiger partial charge on any atom is 0.242 e. The molecule has 5 nitrogen and oxygen atoms in total. The van der Waals surface area contributed by atoms with Gasteiger partial charge >= 0.3 is 0 Å². The van der Waals surface area contributed by atoms with Crippen LogP contribution in [0.15, 0.2) is 0 Å². The molecule has 0 aliphatic heterocycles. The standard InChI is InChI=1S/C8H16N2O3/c1-3-10(4-5-11)8(13)6-9-7(2)12/h11H,3-6H2,1-2H3,(H,9,12). The third-order valence-electron chi connectivity index (χ3n) is 1.59. The van der Waals surface area contributed by atoms with Crippen LogP contribution in [0.5, 0.6) is 0 Å². The summed E-state index contributed by atoms with van der Waals surface area (Å²) in [4.78, 5) is 23.2. The highest BCUT2D eigenvalue weighted by Crippen LogP contribution is 1.87. The lowest BCUT2D eigenvalue weighted by atomic mass is 10.4. The van der Waals surface area contributed by atoms with Crippen molar-refractivity contribution in [2.24, 2.45) is 0 Å². The van der Waals surface area contributed by atoms with Crippen molar-refractivity contribution in [3.63, 3.8) is 0 Å². The molecule has 0 bridgehead atoms. The smallest absolute Gasteiger partial charge is 0.242 e. The maximum atomic E-state index is 11.3. The number of hydrogen-bond donors (Lipinski definition) is 2. The fourth-order valence-corrected chi connectivity index (χ4v) is 0.892. The Kier molecular flexibility index (Phi) is 5.88. The molecule has 0 aliphatic carbocycles. The molecule has 0 aromatic heterocycles. The zero-order valence-electron chi connectivity index (χ0n) is 8.04. The fourth-order valence-electron chi connectivity index (χ4n) is 0.892. The SMILES string of the molecule is CCN(CCO)C(=O)CNC(C)=O. The summed E-state index contributed by atoms with van der Waals surface area (Å²) in [5, 5.41) is 11.0. The third kappa shape index (κ3) is 5.19. The van der Waals surface area contributed by atoms with Crippen LogP contribution in [0.1, 0.15) is 13.8 Å². The van der Waals surface area contributed by atoms with Crippen molar-refractivity contribution < 1.29 is 14.7 Å². The Hall–Kier alpha value is -1.10. The van der Waals surface area contributed by atoms with Crippen molar-refractivity contribution in [2.75, 3.05) is 26.2 Å². The first-order valence-corrected chi connectivity index (χ1v) is 4.24. The van der Waals surface area contributed by atoms with Crippen LogP contribution in [-0.2, 0) is 9.59 Å². The normalized spacial score (nSPS) is 9.46. The topological polar surface area (TPSA) is 69.6 Å². The van der Waals surface area contributed by atoms with Crippen LogP contribution in [0.2, 0.25) is 0 Å². The van der Waals surface area contributed by atoms with E-state index in [4.69, 9.17) is 5.11 Å². The summed E-state index contributed by atoms with van der Waals surface area (Å²) in [7, 11) is 0. The number of carbonyl (C=O) groups excluding carboxylic acids is 2. The van der Waals surface area contributed by atoms with Gasteiger partial charge in [-0.15, -0.1) is 0 Å². The van der Waals surface area contributed by atoms with Crippen molar-refractivity contribution in [2.45, 2.75) is 13.8 Å². The first-order chi connectivity index (χ1) is 6.11. The van der Waals surface area contributed by atoms with E-state index in [1.165, 1.54) is 11.8 Å². The van der Waals surface area contributed by atoms with Crippen molar-refractivity contribution in [1.29, 1.82) is 0 Å². The van der Waals surface area contributed by atoms with Crippen LogP contribution in [-0.4, -0.2) is 48.1 Å². The lowest BCUT2D eigenvalue weighted by molar-refractivity contribution is -0.132. The van der Waals surface area contributed by atoms with Gasteiger partial charge in [0.1, 0.15) is 0 Å². The van der Waals surface area contributed by atoms with Gasteiger partial charge in [-0.05, 0) is 6.92 Å². The van der Waals surface area contributed by atoms with Crippen LogP contribution in [0.25, 0.3) is 0 Å². The molecule has 0 fully saturated rings. The van der Waals surface area contributed by atoms with Crippen LogP contribution in [0.3, 0.4) is 0 Å². The van der Waals surface area contributed by atoms with E-state index in [9.17, 15) is 9.59 Å². The van der Waals surface area contributed by atoms with Crippen LogP contribution >= 0.6 is 0 Å². The van der Waals surface area contributed by atoms with Gasteiger partial charge in [-0.25, -0.2) is 0 Å². The first-order valence-electron chi connectivity index (χ1n) is 4.24. The summed E-state index contributed by atoms with van der Waals surface area (Å²) in [6.07, 6.45) is 0.